The zero-order chi connectivity index (χ0) is 27.7. The Hall–Kier alpha value is -4.01. The van der Waals surface area contributed by atoms with Gasteiger partial charge >= 0.3 is 6.03 Å². The number of anilines is 2. The number of methoxy groups -OCH3 is 2. The summed E-state index contributed by atoms with van der Waals surface area (Å²) >= 11 is 0. The predicted molar refractivity (Wildman–Crippen MR) is 151 cm³/mol. The summed E-state index contributed by atoms with van der Waals surface area (Å²) in [5.74, 6) is 1.59. The van der Waals surface area contributed by atoms with E-state index in [1.165, 1.54) is 4.90 Å². The van der Waals surface area contributed by atoms with E-state index in [1.54, 1.807) is 43.2 Å². The second-order valence-corrected chi connectivity index (χ2v) is 10.1. The van der Waals surface area contributed by atoms with E-state index < -0.39 is 0 Å². The molecule has 204 valence electrons. The van der Waals surface area contributed by atoms with Crippen molar-refractivity contribution in [2.24, 2.45) is 0 Å². The van der Waals surface area contributed by atoms with Crippen LogP contribution in [-0.2, 0) is 10.2 Å². The third-order valence-corrected chi connectivity index (χ3v) is 6.04. The van der Waals surface area contributed by atoms with Gasteiger partial charge in [-0.1, -0.05) is 46.6 Å². The molecular weight excluding hydrogens is 482 g/mol. The van der Waals surface area contributed by atoms with Crippen molar-refractivity contribution < 1.29 is 19.1 Å². The summed E-state index contributed by atoms with van der Waals surface area (Å²) in [6, 6.07) is 16.1. The highest BCUT2D eigenvalue weighted by atomic mass is 16.5. The lowest BCUT2D eigenvalue weighted by Crippen LogP contribution is -2.41. The maximum atomic E-state index is 13.2. The van der Waals surface area contributed by atoms with Crippen LogP contribution in [0, 0.1) is 0 Å². The first-order valence-corrected chi connectivity index (χ1v) is 12.9. The average Bonchev–Trinajstić information content (AvgIpc) is 3.32. The van der Waals surface area contributed by atoms with Crippen LogP contribution in [0.3, 0.4) is 0 Å². The number of amides is 3. The Labute approximate surface area is 225 Å². The second-order valence-electron chi connectivity index (χ2n) is 10.1. The summed E-state index contributed by atoms with van der Waals surface area (Å²) < 4.78 is 12.2. The Morgan fingerprint density at radius 3 is 2.29 bits per heavy atom. The molecule has 0 aliphatic carbocycles. The smallest absolute Gasteiger partial charge is 0.322 e. The number of benzene rings is 2. The summed E-state index contributed by atoms with van der Waals surface area (Å²) in [7, 11) is 3.19. The van der Waals surface area contributed by atoms with E-state index in [-0.39, 0.29) is 23.9 Å². The van der Waals surface area contributed by atoms with Crippen LogP contribution >= 0.6 is 0 Å². The van der Waals surface area contributed by atoms with Crippen molar-refractivity contribution >= 4 is 23.4 Å². The molecule has 0 bridgehead atoms. The minimum atomic E-state index is -0.344. The van der Waals surface area contributed by atoms with E-state index in [1.807, 2.05) is 30.3 Å². The van der Waals surface area contributed by atoms with E-state index in [0.29, 0.717) is 23.8 Å². The molecule has 0 saturated carbocycles. The Morgan fingerprint density at radius 2 is 1.66 bits per heavy atom. The molecule has 1 heterocycles. The van der Waals surface area contributed by atoms with Gasteiger partial charge in [-0.25, -0.2) is 9.48 Å². The molecule has 0 aliphatic rings. The molecule has 38 heavy (non-hydrogen) atoms. The molecule has 0 fully saturated rings. The molecule has 2 N–H and O–H groups in total. The van der Waals surface area contributed by atoms with E-state index in [9.17, 15) is 9.59 Å². The summed E-state index contributed by atoms with van der Waals surface area (Å²) in [5.41, 5.74) is 1.99. The van der Waals surface area contributed by atoms with Crippen molar-refractivity contribution in [1.82, 2.24) is 14.7 Å². The second kappa shape index (κ2) is 13.0. The fourth-order valence-electron chi connectivity index (χ4n) is 3.82. The number of rotatable bonds is 11. The number of aromatic nitrogens is 2. The van der Waals surface area contributed by atoms with Crippen LogP contribution in [0.2, 0.25) is 0 Å². The highest BCUT2D eigenvalue weighted by Crippen LogP contribution is 2.27. The third kappa shape index (κ3) is 7.74. The number of hydrogen-bond donors (Lipinski definition) is 2. The summed E-state index contributed by atoms with van der Waals surface area (Å²) in [6.45, 7) is 8.66. The molecule has 0 aliphatic heterocycles. The fraction of sp³-hybridized carbons (Fsp3) is 0.414. The van der Waals surface area contributed by atoms with Gasteiger partial charge in [-0.2, -0.15) is 5.10 Å². The standard InChI is InChI=1S/C29H39N5O4/c1-7-8-9-17-33(28(36)30-21-11-10-12-24(18-21)38-6)20-27(35)31-26-19-25(29(2,3)4)32-34(26)22-13-15-23(37-5)16-14-22/h10-16,18-19H,7-9,17,20H2,1-6H3,(H,30,36)(H,31,35). The maximum Gasteiger partial charge on any atom is 0.322 e. The molecule has 9 nitrogen and oxygen atoms in total. The van der Waals surface area contributed by atoms with Gasteiger partial charge in [-0.05, 0) is 42.8 Å². The summed E-state index contributed by atoms with van der Waals surface area (Å²) in [6.07, 6.45) is 2.77. The van der Waals surface area contributed by atoms with Crippen LogP contribution in [0.15, 0.2) is 54.6 Å². The Morgan fingerprint density at radius 1 is 0.947 bits per heavy atom. The van der Waals surface area contributed by atoms with Gasteiger partial charge in [0, 0.05) is 29.8 Å². The van der Waals surface area contributed by atoms with Crippen LogP contribution in [0.4, 0.5) is 16.3 Å². The first-order valence-electron chi connectivity index (χ1n) is 12.9. The van der Waals surface area contributed by atoms with Crippen molar-refractivity contribution in [3.05, 3.63) is 60.3 Å². The lowest BCUT2D eigenvalue weighted by atomic mass is 9.92. The van der Waals surface area contributed by atoms with Crippen LogP contribution in [0.1, 0.15) is 52.7 Å². The first kappa shape index (κ1) is 28.6. The minimum Gasteiger partial charge on any atom is -0.497 e. The van der Waals surface area contributed by atoms with Crippen molar-refractivity contribution in [3.8, 4) is 17.2 Å². The number of urea groups is 1. The zero-order valence-electron chi connectivity index (χ0n) is 23.2. The van der Waals surface area contributed by atoms with Crippen molar-refractivity contribution in [2.45, 2.75) is 52.4 Å². The highest BCUT2D eigenvalue weighted by Gasteiger charge is 2.23. The average molecular weight is 522 g/mol. The Bertz CT molecular complexity index is 1210. The molecule has 3 amide bonds. The molecule has 0 saturated heterocycles. The lowest BCUT2D eigenvalue weighted by Gasteiger charge is -2.23. The number of nitrogens with zero attached hydrogens (tertiary/aromatic N) is 3. The normalized spacial score (nSPS) is 11.1. The number of nitrogens with one attached hydrogen (secondary N) is 2. The van der Waals surface area contributed by atoms with E-state index in [4.69, 9.17) is 14.6 Å². The SMILES string of the molecule is CCCCCN(CC(=O)Nc1cc(C(C)(C)C)nn1-c1ccc(OC)cc1)C(=O)Nc1cccc(OC)c1. The number of ether oxygens (including phenoxy) is 2. The van der Waals surface area contributed by atoms with Crippen molar-refractivity contribution in [2.75, 3.05) is 37.9 Å². The van der Waals surface area contributed by atoms with Crippen LogP contribution in [-0.4, -0.2) is 53.9 Å². The Kier molecular flexibility index (Phi) is 9.76. The van der Waals surface area contributed by atoms with Gasteiger partial charge in [-0.3, -0.25) is 4.79 Å². The molecule has 3 rings (SSSR count). The Balaban J connectivity index is 1.80. The van der Waals surface area contributed by atoms with Crippen LogP contribution in [0.5, 0.6) is 11.5 Å². The number of unbranched alkanes of at least 4 members (excludes halogenated alkanes) is 2. The first-order chi connectivity index (χ1) is 18.1. The monoisotopic (exact) mass is 521 g/mol. The summed E-state index contributed by atoms with van der Waals surface area (Å²) in [4.78, 5) is 27.9. The number of hydrogen-bond acceptors (Lipinski definition) is 5. The quantitative estimate of drug-likeness (QED) is 0.309. The molecule has 0 atom stereocenters. The van der Waals surface area contributed by atoms with Gasteiger partial charge in [0.15, 0.2) is 0 Å². The van der Waals surface area contributed by atoms with E-state index >= 15 is 0 Å². The highest BCUT2D eigenvalue weighted by molar-refractivity contribution is 5.96. The van der Waals surface area contributed by atoms with Crippen molar-refractivity contribution in [3.63, 3.8) is 0 Å². The zero-order valence-corrected chi connectivity index (χ0v) is 23.2. The molecular formula is C29H39N5O4. The van der Waals surface area contributed by atoms with E-state index in [2.05, 4.69) is 38.3 Å². The lowest BCUT2D eigenvalue weighted by molar-refractivity contribution is -0.116. The molecule has 3 aromatic rings. The largest absolute Gasteiger partial charge is 0.497 e. The van der Waals surface area contributed by atoms with Gasteiger partial charge in [0.1, 0.15) is 23.9 Å². The molecule has 0 radical (unpaired) electrons. The van der Waals surface area contributed by atoms with Crippen LogP contribution < -0.4 is 20.1 Å². The minimum absolute atomic E-state index is 0.0990. The molecule has 9 heteroatoms. The predicted octanol–water partition coefficient (Wildman–Crippen LogP) is 5.85. The van der Waals surface area contributed by atoms with Gasteiger partial charge in [0.25, 0.3) is 0 Å². The number of carbonyl (C=O) groups excluding carboxylic acids is 2. The third-order valence-electron chi connectivity index (χ3n) is 6.04. The molecule has 2 aromatic carbocycles. The fourth-order valence-corrected chi connectivity index (χ4v) is 3.82. The molecule has 1 aromatic heterocycles. The van der Waals surface area contributed by atoms with Crippen LogP contribution in [0.25, 0.3) is 5.69 Å². The van der Waals surface area contributed by atoms with Crippen molar-refractivity contribution in [1.29, 1.82) is 0 Å². The van der Waals surface area contributed by atoms with Gasteiger partial charge in [0.05, 0.1) is 25.6 Å². The molecule has 0 spiro atoms. The van der Waals surface area contributed by atoms with E-state index in [0.717, 1.165) is 36.4 Å². The van der Waals surface area contributed by atoms with Gasteiger partial charge in [-0.15, -0.1) is 0 Å². The summed E-state index contributed by atoms with van der Waals surface area (Å²) in [5, 5.41) is 10.6. The van der Waals surface area contributed by atoms with Gasteiger partial charge < -0.3 is 25.0 Å². The maximum absolute atomic E-state index is 13.2. The molecule has 0 unspecified atom stereocenters. The van der Waals surface area contributed by atoms with Gasteiger partial charge in [0.2, 0.25) is 5.91 Å². The number of carbonyl (C=O) groups is 2. The topological polar surface area (TPSA) is 97.7 Å².